The van der Waals surface area contributed by atoms with Crippen molar-refractivity contribution in [3.63, 3.8) is 0 Å². The molecule has 3 rings (SSSR count). The molecular weight excluding hydrogens is 238 g/mol. The smallest absolute Gasteiger partial charge is 0.234 e. The lowest BCUT2D eigenvalue weighted by Crippen LogP contribution is -2.27. The monoisotopic (exact) mass is 261 g/mol. The Morgan fingerprint density at radius 2 is 2.05 bits per heavy atom. The lowest BCUT2D eigenvalue weighted by molar-refractivity contribution is 0.242. The summed E-state index contributed by atoms with van der Waals surface area (Å²) in [4.78, 5) is 11.2. The van der Waals surface area contributed by atoms with Gasteiger partial charge in [0.25, 0.3) is 0 Å². The summed E-state index contributed by atoms with van der Waals surface area (Å²) in [5.41, 5.74) is 0. The Kier molecular flexibility index (Phi) is 3.85. The summed E-state index contributed by atoms with van der Waals surface area (Å²) < 4.78 is 5.83. The van der Waals surface area contributed by atoms with E-state index >= 15 is 0 Å². The normalized spacial score (nSPS) is 24.1. The third kappa shape index (κ3) is 2.99. The number of anilines is 1. The van der Waals surface area contributed by atoms with Crippen molar-refractivity contribution < 1.29 is 4.74 Å². The molecule has 0 spiro atoms. The third-order valence-corrected chi connectivity index (χ3v) is 4.39. The Labute approximate surface area is 115 Å². The molecule has 4 heteroatoms. The molecule has 2 fully saturated rings. The predicted molar refractivity (Wildman–Crippen MR) is 75.5 cm³/mol. The van der Waals surface area contributed by atoms with E-state index in [4.69, 9.17) is 4.74 Å². The van der Waals surface area contributed by atoms with E-state index in [2.05, 4.69) is 21.8 Å². The second-order valence-electron chi connectivity index (χ2n) is 5.86. The Balaban J connectivity index is 1.62. The Hall–Kier alpha value is -1.32. The van der Waals surface area contributed by atoms with E-state index in [9.17, 15) is 0 Å². The molecule has 19 heavy (non-hydrogen) atoms. The first-order chi connectivity index (χ1) is 9.33. The SMILES string of the molecule is CC1CCCN1c1cncc(OCC2CCCC2)n1. The maximum atomic E-state index is 5.83. The van der Waals surface area contributed by atoms with Crippen LogP contribution in [0.4, 0.5) is 5.82 Å². The number of ether oxygens (including phenoxy) is 1. The number of rotatable bonds is 4. The highest BCUT2D eigenvalue weighted by Gasteiger charge is 2.22. The minimum Gasteiger partial charge on any atom is -0.476 e. The molecule has 1 unspecified atom stereocenters. The van der Waals surface area contributed by atoms with Gasteiger partial charge in [-0.3, -0.25) is 4.98 Å². The van der Waals surface area contributed by atoms with Crippen LogP contribution < -0.4 is 9.64 Å². The number of hydrogen-bond acceptors (Lipinski definition) is 4. The maximum absolute atomic E-state index is 5.83. The summed E-state index contributed by atoms with van der Waals surface area (Å²) in [6, 6.07) is 0.569. The summed E-state index contributed by atoms with van der Waals surface area (Å²) in [5.74, 6) is 2.37. The van der Waals surface area contributed by atoms with Gasteiger partial charge in [-0.1, -0.05) is 12.8 Å². The van der Waals surface area contributed by atoms with Crippen molar-refractivity contribution in [1.29, 1.82) is 0 Å². The predicted octanol–water partition coefficient (Wildman–Crippen LogP) is 3.03. The van der Waals surface area contributed by atoms with Gasteiger partial charge < -0.3 is 9.64 Å². The number of hydrogen-bond donors (Lipinski definition) is 0. The molecule has 0 N–H and O–H groups in total. The average molecular weight is 261 g/mol. The van der Waals surface area contributed by atoms with Gasteiger partial charge in [0.15, 0.2) is 5.82 Å². The highest BCUT2D eigenvalue weighted by molar-refractivity contribution is 5.39. The molecule has 1 saturated carbocycles. The molecular formula is C15H23N3O. The molecule has 1 aromatic heterocycles. The average Bonchev–Trinajstić information content (AvgIpc) is 3.08. The van der Waals surface area contributed by atoms with Gasteiger partial charge in [-0.05, 0) is 38.5 Å². The van der Waals surface area contributed by atoms with Gasteiger partial charge in [-0.15, -0.1) is 0 Å². The van der Waals surface area contributed by atoms with Crippen molar-refractivity contribution in [3.05, 3.63) is 12.4 Å². The van der Waals surface area contributed by atoms with Crippen molar-refractivity contribution in [2.24, 2.45) is 5.92 Å². The second kappa shape index (κ2) is 5.76. The summed E-state index contributed by atoms with van der Waals surface area (Å²) in [7, 11) is 0. The van der Waals surface area contributed by atoms with Crippen LogP contribution in [0.3, 0.4) is 0 Å². The van der Waals surface area contributed by atoms with E-state index < -0.39 is 0 Å². The van der Waals surface area contributed by atoms with E-state index in [1.54, 1.807) is 6.20 Å². The molecule has 1 saturated heterocycles. The van der Waals surface area contributed by atoms with Gasteiger partial charge in [-0.2, -0.15) is 4.98 Å². The van der Waals surface area contributed by atoms with Gasteiger partial charge >= 0.3 is 0 Å². The van der Waals surface area contributed by atoms with Crippen molar-refractivity contribution >= 4 is 5.82 Å². The summed E-state index contributed by atoms with van der Waals surface area (Å²) in [6.07, 6.45) is 11.4. The van der Waals surface area contributed by atoms with Crippen LogP contribution in [0.2, 0.25) is 0 Å². The van der Waals surface area contributed by atoms with Crippen molar-refractivity contribution in [1.82, 2.24) is 9.97 Å². The standard InChI is InChI=1S/C15H23N3O/c1-12-5-4-8-18(12)14-9-16-10-15(17-14)19-11-13-6-2-3-7-13/h9-10,12-13H,2-8,11H2,1H3. The van der Waals surface area contributed by atoms with Crippen molar-refractivity contribution in [3.8, 4) is 5.88 Å². The minimum atomic E-state index is 0.569. The lowest BCUT2D eigenvalue weighted by atomic mass is 10.1. The Morgan fingerprint density at radius 1 is 1.21 bits per heavy atom. The molecule has 104 valence electrons. The van der Waals surface area contributed by atoms with Crippen LogP contribution in [-0.4, -0.2) is 29.2 Å². The maximum Gasteiger partial charge on any atom is 0.234 e. The van der Waals surface area contributed by atoms with E-state index in [1.165, 1.54) is 38.5 Å². The second-order valence-corrected chi connectivity index (χ2v) is 5.86. The van der Waals surface area contributed by atoms with E-state index in [1.807, 2.05) is 6.20 Å². The molecule has 0 amide bonds. The highest BCUT2D eigenvalue weighted by Crippen LogP contribution is 2.26. The van der Waals surface area contributed by atoms with Gasteiger partial charge in [0.2, 0.25) is 5.88 Å². The fourth-order valence-electron chi connectivity index (χ4n) is 3.20. The number of aromatic nitrogens is 2. The fraction of sp³-hybridized carbons (Fsp3) is 0.733. The van der Waals surface area contributed by atoms with Crippen LogP contribution >= 0.6 is 0 Å². The van der Waals surface area contributed by atoms with Gasteiger partial charge in [0.05, 0.1) is 19.0 Å². The molecule has 2 heterocycles. The quantitative estimate of drug-likeness (QED) is 0.835. The molecule has 4 nitrogen and oxygen atoms in total. The Morgan fingerprint density at radius 3 is 2.79 bits per heavy atom. The van der Waals surface area contributed by atoms with Gasteiger partial charge in [0, 0.05) is 12.6 Å². The van der Waals surface area contributed by atoms with Crippen LogP contribution in [0.5, 0.6) is 5.88 Å². The van der Waals surface area contributed by atoms with Crippen LogP contribution in [0.1, 0.15) is 45.4 Å². The summed E-state index contributed by atoms with van der Waals surface area (Å²) in [5, 5.41) is 0. The highest BCUT2D eigenvalue weighted by atomic mass is 16.5. The molecule has 0 bridgehead atoms. The first-order valence-electron chi connectivity index (χ1n) is 7.54. The fourth-order valence-corrected chi connectivity index (χ4v) is 3.20. The number of nitrogens with zero attached hydrogens (tertiary/aromatic N) is 3. The lowest BCUT2D eigenvalue weighted by Gasteiger charge is -2.22. The van der Waals surface area contributed by atoms with Crippen LogP contribution in [-0.2, 0) is 0 Å². The zero-order valence-electron chi connectivity index (χ0n) is 11.7. The van der Waals surface area contributed by atoms with Crippen molar-refractivity contribution in [2.45, 2.75) is 51.5 Å². The first-order valence-corrected chi connectivity index (χ1v) is 7.54. The first kappa shape index (κ1) is 12.7. The van der Waals surface area contributed by atoms with Crippen LogP contribution in [0.15, 0.2) is 12.4 Å². The third-order valence-electron chi connectivity index (χ3n) is 4.39. The molecule has 0 radical (unpaired) electrons. The molecule has 1 aromatic rings. The van der Waals surface area contributed by atoms with E-state index in [-0.39, 0.29) is 0 Å². The van der Waals surface area contributed by atoms with E-state index in [0.717, 1.165) is 24.9 Å². The topological polar surface area (TPSA) is 38.2 Å². The molecule has 1 atom stereocenters. The van der Waals surface area contributed by atoms with Gasteiger partial charge in [0.1, 0.15) is 0 Å². The summed E-state index contributed by atoms with van der Waals surface area (Å²) >= 11 is 0. The minimum absolute atomic E-state index is 0.569. The molecule has 1 aliphatic heterocycles. The van der Waals surface area contributed by atoms with Crippen LogP contribution in [0.25, 0.3) is 0 Å². The molecule has 2 aliphatic rings. The largest absolute Gasteiger partial charge is 0.476 e. The zero-order valence-corrected chi connectivity index (χ0v) is 11.7. The van der Waals surface area contributed by atoms with E-state index in [0.29, 0.717) is 11.9 Å². The van der Waals surface area contributed by atoms with Crippen molar-refractivity contribution in [2.75, 3.05) is 18.1 Å². The van der Waals surface area contributed by atoms with Crippen LogP contribution in [0, 0.1) is 5.92 Å². The summed E-state index contributed by atoms with van der Waals surface area (Å²) in [6.45, 7) is 4.14. The molecule has 0 aromatic carbocycles. The molecule has 1 aliphatic carbocycles. The zero-order chi connectivity index (χ0) is 13.1. The van der Waals surface area contributed by atoms with Gasteiger partial charge in [-0.25, -0.2) is 0 Å². The Bertz CT molecular complexity index is 418.